The van der Waals surface area contributed by atoms with E-state index >= 15 is 0 Å². The van der Waals surface area contributed by atoms with Crippen molar-refractivity contribution < 1.29 is 14.3 Å². The number of hydrogen-bond acceptors (Lipinski definition) is 3. The van der Waals surface area contributed by atoms with Crippen molar-refractivity contribution >= 4 is 11.8 Å². The van der Waals surface area contributed by atoms with E-state index in [2.05, 4.69) is 19.1 Å². The number of carbonyl (C=O) groups excluding carboxylic acids is 2. The van der Waals surface area contributed by atoms with Crippen molar-refractivity contribution in [3.05, 3.63) is 71.3 Å². The minimum Gasteiger partial charge on any atom is -0.383 e. The van der Waals surface area contributed by atoms with Gasteiger partial charge in [0.05, 0.1) is 12.6 Å². The van der Waals surface area contributed by atoms with E-state index in [1.54, 1.807) is 24.1 Å². The fraction of sp³-hybridized carbons (Fsp3) is 0.364. The van der Waals surface area contributed by atoms with E-state index in [-0.39, 0.29) is 24.4 Å². The molecule has 3 rings (SSSR count). The fourth-order valence-corrected chi connectivity index (χ4v) is 3.58. The standard InChI is InChI=1S/C22H26N2O3/c1-17-20-11-7-6-8-18(20)12-13-24(17)21(25)16-23(14-15-27-2)22(26)19-9-4-3-5-10-19/h3-11,17H,12-16H2,1-2H3. The molecule has 1 aliphatic heterocycles. The van der Waals surface area contributed by atoms with Crippen LogP contribution in [0.2, 0.25) is 0 Å². The Kier molecular flexibility index (Phi) is 6.24. The van der Waals surface area contributed by atoms with E-state index < -0.39 is 0 Å². The topological polar surface area (TPSA) is 49.9 Å². The van der Waals surface area contributed by atoms with Crippen molar-refractivity contribution in [3.63, 3.8) is 0 Å². The highest BCUT2D eigenvalue weighted by atomic mass is 16.5. The second kappa shape index (κ2) is 8.82. The summed E-state index contributed by atoms with van der Waals surface area (Å²) in [6, 6.07) is 17.3. The van der Waals surface area contributed by atoms with Crippen molar-refractivity contribution in [3.8, 4) is 0 Å². The normalized spacial score (nSPS) is 15.9. The van der Waals surface area contributed by atoms with Gasteiger partial charge in [-0.2, -0.15) is 0 Å². The Labute approximate surface area is 160 Å². The van der Waals surface area contributed by atoms with Crippen LogP contribution in [0.25, 0.3) is 0 Å². The first-order chi connectivity index (χ1) is 13.1. The highest BCUT2D eigenvalue weighted by Gasteiger charge is 2.29. The van der Waals surface area contributed by atoms with Gasteiger partial charge in [0.2, 0.25) is 5.91 Å². The number of amides is 2. The molecule has 142 valence electrons. The number of methoxy groups -OCH3 is 1. The molecule has 27 heavy (non-hydrogen) atoms. The monoisotopic (exact) mass is 366 g/mol. The molecule has 0 spiro atoms. The number of benzene rings is 2. The first kappa shape index (κ1) is 19.1. The summed E-state index contributed by atoms with van der Waals surface area (Å²) in [6.07, 6.45) is 0.844. The van der Waals surface area contributed by atoms with Crippen LogP contribution in [0.1, 0.15) is 34.5 Å². The van der Waals surface area contributed by atoms with Crippen LogP contribution in [0.5, 0.6) is 0 Å². The van der Waals surface area contributed by atoms with E-state index in [9.17, 15) is 9.59 Å². The average molecular weight is 366 g/mol. The Morgan fingerprint density at radius 2 is 1.81 bits per heavy atom. The maximum absolute atomic E-state index is 13.0. The van der Waals surface area contributed by atoms with E-state index in [0.29, 0.717) is 25.3 Å². The molecule has 0 saturated carbocycles. The Morgan fingerprint density at radius 1 is 1.11 bits per heavy atom. The smallest absolute Gasteiger partial charge is 0.254 e. The van der Waals surface area contributed by atoms with Crippen LogP contribution >= 0.6 is 0 Å². The zero-order valence-electron chi connectivity index (χ0n) is 15.9. The van der Waals surface area contributed by atoms with Crippen LogP contribution in [-0.4, -0.2) is 55.0 Å². The minimum atomic E-state index is -0.147. The Hall–Kier alpha value is -2.66. The van der Waals surface area contributed by atoms with Crippen molar-refractivity contribution in [2.45, 2.75) is 19.4 Å². The van der Waals surface area contributed by atoms with E-state index in [1.807, 2.05) is 35.2 Å². The van der Waals surface area contributed by atoms with Gasteiger partial charge in [-0.1, -0.05) is 42.5 Å². The van der Waals surface area contributed by atoms with Gasteiger partial charge in [0.1, 0.15) is 6.54 Å². The largest absolute Gasteiger partial charge is 0.383 e. The summed E-state index contributed by atoms with van der Waals surface area (Å²) in [6.45, 7) is 3.56. The maximum Gasteiger partial charge on any atom is 0.254 e. The number of carbonyl (C=O) groups is 2. The molecule has 2 amide bonds. The predicted molar refractivity (Wildman–Crippen MR) is 104 cm³/mol. The molecule has 0 N–H and O–H groups in total. The second-order valence-electron chi connectivity index (χ2n) is 6.80. The molecule has 0 aromatic heterocycles. The zero-order chi connectivity index (χ0) is 19.2. The molecule has 1 heterocycles. The van der Waals surface area contributed by atoms with Gasteiger partial charge in [0.25, 0.3) is 5.91 Å². The first-order valence-corrected chi connectivity index (χ1v) is 9.32. The molecule has 1 aliphatic rings. The first-order valence-electron chi connectivity index (χ1n) is 9.32. The third-order valence-corrected chi connectivity index (χ3v) is 5.11. The molecule has 5 heteroatoms. The average Bonchev–Trinajstić information content (AvgIpc) is 2.71. The molecule has 2 aromatic carbocycles. The third kappa shape index (κ3) is 4.37. The maximum atomic E-state index is 13.0. The van der Waals surface area contributed by atoms with Crippen LogP contribution in [0, 0.1) is 0 Å². The Balaban J connectivity index is 1.74. The van der Waals surface area contributed by atoms with E-state index in [0.717, 1.165) is 6.42 Å². The quantitative estimate of drug-likeness (QED) is 0.790. The lowest BCUT2D eigenvalue weighted by Crippen LogP contribution is -2.46. The lowest BCUT2D eigenvalue weighted by atomic mass is 9.93. The highest BCUT2D eigenvalue weighted by Crippen LogP contribution is 2.29. The summed E-state index contributed by atoms with van der Waals surface area (Å²) in [5.41, 5.74) is 3.07. The summed E-state index contributed by atoms with van der Waals surface area (Å²) >= 11 is 0. The van der Waals surface area contributed by atoms with Crippen molar-refractivity contribution in [2.24, 2.45) is 0 Å². The Morgan fingerprint density at radius 3 is 2.56 bits per heavy atom. The third-order valence-electron chi connectivity index (χ3n) is 5.11. The van der Waals surface area contributed by atoms with E-state index in [1.165, 1.54) is 11.1 Å². The summed E-state index contributed by atoms with van der Waals surface area (Å²) in [4.78, 5) is 29.3. The van der Waals surface area contributed by atoms with Gasteiger partial charge in [-0.3, -0.25) is 9.59 Å². The number of nitrogens with zero attached hydrogens (tertiary/aromatic N) is 2. The van der Waals surface area contributed by atoms with Crippen LogP contribution in [0.3, 0.4) is 0 Å². The minimum absolute atomic E-state index is 0.0125. The molecule has 0 bridgehead atoms. The molecule has 0 radical (unpaired) electrons. The predicted octanol–water partition coefficient (Wildman–Crippen LogP) is 2.92. The van der Waals surface area contributed by atoms with Crippen LogP contribution in [-0.2, 0) is 16.0 Å². The van der Waals surface area contributed by atoms with Crippen LogP contribution in [0.4, 0.5) is 0 Å². The van der Waals surface area contributed by atoms with Crippen LogP contribution < -0.4 is 0 Å². The molecule has 0 fully saturated rings. The van der Waals surface area contributed by atoms with Gasteiger partial charge in [0, 0.05) is 25.8 Å². The summed E-state index contributed by atoms with van der Waals surface area (Å²) < 4.78 is 5.13. The van der Waals surface area contributed by atoms with Gasteiger partial charge in [-0.25, -0.2) is 0 Å². The zero-order valence-corrected chi connectivity index (χ0v) is 15.9. The summed E-state index contributed by atoms with van der Waals surface area (Å²) in [7, 11) is 1.59. The van der Waals surface area contributed by atoms with Gasteiger partial charge in [-0.05, 0) is 36.6 Å². The number of fused-ring (bicyclic) bond motifs is 1. The summed E-state index contributed by atoms with van der Waals surface area (Å²) in [5.74, 6) is -0.177. The van der Waals surface area contributed by atoms with Gasteiger partial charge in [0.15, 0.2) is 0 Å². The number of hydrogen-bond donors (Lipinski definition) is 0. The lowest BCUT2D eigenvalue weighted by molar-refractivity contribution is -0.134. The molecule has 5 nitrogen and oxygen atoms in total. The number of ether oxygens (including phenoxy) is 1. The number of rotatable bonds is 6. The molecule has 1 atom stereocenters. The molecular weight excluding hydrogens is 340 g/mol. The SMILES string of the molecule is COCCN(CC(=O)N1CCc2ccccc2C1C)C(=O)c1ccccc1. The molecule has 0 saturated heterocycles. The highest BCUT2D eigenvalue weighted by molar-refractivity contribution is 5.96. The van der Waals surface area contributed by atoms with Crippen LogP contribution in [0.15, 0.2) is 54.6 Å². The van der Waals surface area contributed by atoms with Gasteiger partial charge in [-0.15, -0.1) is 0 Å². The Bertz CT molecular complexity index is 791. The van der Waals surface area contributed by atoms with Crippen molar-refractivity contribution in [1.82, 2.24) is 9.80 Å². The van der Waals surface area contributed by atoms with Crippen molar-refractivity contribution in [2.75, 3.05) is 33.4 Å². The fourth-order valence-electron chi connectivity index (χ4n) is 3.58. The lowest BCUT2D eigenvalue weighted by Gasteiger charge is -2.36. The second-order valence-corrected chi connectivity index (χ2v) is 6.80. The summed E-state index contributed by atoms with van der Waals surface area (Å²) in [5, 5.41) is 0. The molecular formula is C22H26N2O3. The molecule has 0 aliphatic carbocycles. The molecule has 1 unspecified atom stereocenters. The van der Waals surface area contributed by atoms with Gasteiger partial charge >= 0.3 is 0 Å². The van der Waals surface area contributed by atoms with E-state index in [4.69, 9.17) is 4.74 Å². The molecule has 2 aromatic rings. The van der Waals surface area contributed by atoms with Crippen molar-refractivity contribution in [1.29, 1.82) is 0 Å². The van der Waals surface area contributed by atoms with Gasteiger partial charge < -0.3 is 14.5 Å².